The highest BCUT2D eigenvalue weighted by atomic mass is 16.5. The van der Waals surface area contributed by atoms with Gasteiger partial charge in [0.1, 0.15) is 11.6 Å². The summed E-state index contributed by atoms with van der Waals surface area (Å²) < 4.78 is 11.0. The van der Waals surface area contributed by atoms with E-state index in [-0.39, 0.29) is 12.6 Å². The molecule has 0 unspecified atom stereocenters. The molecule has 34 heavy (non-hydrogen) atoms. The number of methoxy groups -OCH3 is 1. The number of benzene rings is 2. The van der Waals surface area contributed by atoms with E-state index in [4.69, 9.17) is 30.2 Å². The predicted octanol–water partition coefficient (Wildman–Crippen LogP) is 3.67. The minimum atomic E-state index is -0.120. The van der Waals surface area contributed by atoms with E-state index in [1.807, 2.05) is 54.6 Å². The molecule has 3 N–H and O–H groups in total. The number of aliphatic hydroxyl groups is 1. The maximum Gasteiger partial charge on any atom is 0.165 e. The molecule has 2 aromatic carbocycles. The van der Waals surface area contributed by atoms with Gasteiger partial charge < -0.3 is 25.2 Å². The zero-order chi connectivity index (χ0) is 23.7. The average molecular weight is 458 g/mol. The summed E-state index contributed by atoms with van der Waals surface area (Å²) in [7, 11) is 1.59. The molecule has 0 aliphatic carbocycles. The van der Waals surface area contributed by atoms with Gasteiger partial charge in [-0.1, -0.05) is 12.1 Å². The molecule has 174 valence electrons. The van der Waals surface area contributed by atoms with Crippen LogP contribution in [0.2, 0.25) is 0 Å². The van der Waals surface area contributed by atoms with E-state index in [0.29, 0.717) is 41.7 Å². The second kappa shape index (κ2) is 9.24. The van der Waals surface area contributed by atoms with Crippen molar-refractivity contribution in [3.05, 3.63) is 60.2 Å². The molecule has 1 fully saturated rings. The molecule has 0 radical (unpaired) electrons. The van der Waals surface area contributed by atoms with Crippen LogP contribution in [0, 0.1) is 0 Å². The van der Waals surface area contributed by atoms with Crippen molar-refractivity contribution in [3.63, 3.8) is 0 Å². The lowest BCUT2D eigenvalue weighted by Crippen LogP contribution is -2.44. The Morgan fingerprint density at radius 1 is 1.09 bits per heavy atom. The number of nitrogens with zero attached hydrogens (tertiary/aromatic N) is 4. The summed E-state index contributed by atoms with van der Waals surface area (Å²) in [5, 5.41) is 10.6. The van der Waals surface area contributed by atoms with Crippen LogP contribution in [-0.4, -0.2) is 53.0 Å². The van der Waals surface area contributed by atoms with Crippen LogP contribution < -0.4 is 15.4 Å². The fraction of sp³-hybridized carbons (Fsp3) is 0.269. The third kappa shape index (κ3) is 4.13. The number of pyridine rings is 1. The Morgan fingerprint density at radius 2 is 1.97 bits per heavy atom. The van der Waals surface area contributed by atoms with E-state index in [2.05, 4.69) is 11.8 Å². The van der Waals surface area contributed by atoms with E-state index in [0.717, 1.165) is 34.6 Å². The zero-order valence-electron chi connectivity index (χ0n) is 19.2. The molecule has 8 nitrogen and oxygen atoms in total. The number of nitrogen functional groups attached to an aromatic ring is 1. The Bertz CT molecular complexity index is 1340. The standard InChI is InChI=1S/C26H27N5O3/c1-16-15-34-11-10-31(16)26-21-7-8-22(17-6-9-23(33-2)19(12-17)14-32)28-25(21)29-24(30-26)18-4-3-5-20(27)13-18/h3-9,12-13,16,32H,10-11,14-15,27H2,1-2H3/t16-/m0/s1. The first kappa shape index (κ1) is 22.1. The van der Waals surface area contributed by atoms with Crippen molar-refractivity contribution in [2.24, 2.45) is 0 Å². The molecule has 3 heterocycles. The van der Waals surface area contributed by atoms with Crippen molar-refractivity contribution in [1.82, 2.24) is 15.0 Å². The third-order valence-corrected chi connectivity index (χ3v) is 6.07. The Kier molecular flexibility index (Phi) is 6.00. The van der Waals surface area contributed by atoms with Crippen LogP contribution in [-0.2, 0) is 11.3 Å². The van der Waals surface area contributed by atoms with Gasteiger partial charge in [0.15, 0.2) is 11.5 Å². The Hall–Kier alpha value is -3.75. The Labute approximate surface area is 198 Å². The van der Waals surface area contributed by atoms with Crippen LogP contribution in [0.25, 0.3) is 33.7 Å². The van der Waals surface area contributed by atoms with Crippen LogP contribution in [0.5, 0.6) is 5.75 Å². The molecule has 0 amide bonds. The summed E-state index contributed by atoms with van der Waals surface area (Å²) >= 11 is 0. The number of hydrogen-bond acceptors (Lipinski definition) is 8. The van der Waals surface area contributed by atoms with E-state index < -0.39 is 0 Å². The minimum Gasteiger partial charge on any atom is -0.496 e. The number of ether oxygens (including phenoxy) is 2. The van der Waals surface area contributed by atoms with Gasteiger partial charge in [-0.2, -0.15) is 0 Å². The molecular weight excluding hydrogens is 430 g/mol. The number of hydrogen-bond donors (Lipinski definition) is 2. The van der Waals surface area contributed by atoms with Gasteiger partial charge in [-0.05, 0) is 49.4 Å². The normalized spacial score (nSPS) is 16.1. The molecule has 8 heteroatoms. The number of aromatic nitrogens is 3. The number of morpholine rings is 1. The first-order valence-corrected chi connectivity index (χ1v) is 11.2. The molecule has 0 spiro atoms. The van der Waals surface area contributed by atoms with Gasteiger partial charge in [-0.25, -0.2) is 15.0 Å². The summed E-state index contributed by atoms with van der Waals surface area (Å²) in [6.07, 6.45) is 0. The second-order valence-corrected chi connectivity index (χ2v) is 8.37. The quantitative estimate of drug-likeness (QED) is 0.437. The molecule has 0 saturated carbocycles. The van der Waals surface area contributed by atoms with Crippen LogP contribution in [0.3, 0.4) is 0 Å². The fourth-order valence-corrected chi connectivity index (χ4v) is 4.28. The summed E-state index contributed by atoms with van der Waals surface area (Å²) in [6.45, 7) is 4.03. The maximum absolute atomic E-state index is 9.74. The van der Waals surface area contributed by atoms with Gasteiger partial charge >= 0.3 is 0 Å². The average Bonchev–Trinajstić information content (AvgIpc) is 2.87. The highest BCUT2D eigenvalue weighted by Crippen LogP contribution is 2.32. The molecule has 1 saturated heterocycles. The summed E-state index contributed by atoms with van der Waals surface area (Å²) in [6, 6.07) is 17.4. The molecule has 5 rings (SSSR count). The lowest BCUT2D eigenvalue weighted by atomic mass is 10.1. The van der Waals surface area contributed by atoms with Crippen LogP contribution >= 0.6 is 0 Å². The molecular formula is C26H27N5O3. The minimum absolute atomic E-state index is 0.120. The van der Waals surface area contributed by atoms with Gasteiger partial charge in [0.2, 0.25) is 0 Å². The number of anilines is 2. The van der Waals surface area contributed by atoms with Gasteiger partial charge in [0.05, 0.1) is 44.1 Å². The molecule has 1 aliphatic rings. The number of fused-ring (bicyclic) bond motifs is 1. The van der Waals surface area contributed by atoms with Crippen molar-refractivity contribution in [2.45, 2.75) is 19.6 Å². The summed E-state index contributed by atoms with van der Waals surface area (Å²) in [5.74, 6) is 2.05. The maximum atomic E-state index is 9.74. The van der Waals surface area contributed by atoms with E-state index in [1.54, 1.807) is 7.11 Å². The number of aliphatic hydroxyl groups excluding tert-OH is 1. The van der Waals surface area contributed by atoms with E-state index in [9.17, 15) is 5.11 Å². The second-order valence-electron chi connectivity index (χ2n) is 8.37. The van der Waals surface area contributed by atoms with Crippen molar-refractivity contribution in [2.75, 3.05) is 37.5 Å². The van der Waals surface area contributed by atoms with Crippen molar-refractivity contribution >= 4 is 22.5 Å². The molecule has 1 atom stereocenters. The van der Waals surface area contributed by atoms with Crippen LogP contribution in [0.15, 0.2) is 54.6 Å². The van der Waals surface area contributed by atoms with Crippen LogP contribution in [0.4, 0.5) is 11.5 Å². The number of rotatable bonds is 5. The molecule has 1 aliphatic heterocycles. The van der Waals surface area contributed by atoms with Gasteiger partial charge in [-0.3, -0.25) is 0 Å². The van der Waals surface area contributed by atoms with Gasteiger partial charge in [-0.15, -0.1) is 0 Å². The van der Waals surface area contributed by atoms with Crippen molar-refractivity contribution < 1.29 is 14.6 Å². The monoisotopic (exact) mass is 457 g/mol. The first-order chi connectivity index (χ1) is 16.6. The van der Waals surface area contributed by atoms with Gasteiger partial charge in [0.25, 0.3) is 0 Å². The Morgan fingerprint density at radius 3 is 2.74 bits per heavy atom. The molecule has 4 aromatic rings. The zero-order valence-corrected chi connectivity index (χ0v) is 19.2. The van der Waals surface area contributed by atoms with E-state index >= 15 is 0 Å². The smallest absolute Gasteiger partial charge is 0.165 e. The largest absolute Gasteiger partial charge is 0.496 e. The van der Waals surface area contributed by atoms with Crippen LogP contribution in [0.1, 0.15) is 12.5 Å². The predicted molar refractivity (Wildman–Crippen MR) is 133 cm³/mol. The third-order valence-electron chi connectivity index (χ3n) is 6.07. The van der Waals surface area contributed by atoms with Gasteiger partial charge in [0, 0.05) is 28.9 Å². The van der Waals surface area contributed by atoms with Crippen molar-refractivity contribution in [1.29, 1.82) is 0 Å². The highest BCUT2D eigenvalue weighted by molar-refractivity contribution is 5.90. The highest BCUT2D eigenvalue weighted by Gasteiger charge is 2.24. The SMILES string of the molecule is COc1ccc(-c2ccc3c(N4CCOC[C@@H]4C)nc(-c4cccc(N)c4)nc3n2)cc1CO. The fourth-order valence-electron chi connectivity index (χ4n) is 4.28. The number of nitrogens with two attached hydrogens (primary N) is 1. The topological polar surface area (TPSA) is 107 Å². The molecule has 0 bridgehead atoms. The first-order valence-electron chi connectivity index (χ1n) is 11.2. The van der Waals surface area contributed by atoms with Crippen molar-refractivity contribution in [3.8, 4) is 28.4 Å². The summed E-state index contributed by atoms with van der Waals surface area (Å²) in [4.78, 5) is 16.9. The Balaban J connectivity index is 1.68. The summed E-state index contributed by atoms with van der Waals surface area (Å²) in [5.41, 5.74) is 10.4. The molecule has 2 aromatic heterocycles. The van der Waals surface area contributed by atoms with E-state index in [1.165, 1.54) is 0 Å². The lowest BCUT2D eigenvalue weighted by molar-refractivity contribution is 0.0987. The lowest BCUT2D eigenvalue weighted by Gasteiger charge is -2.35.